The third-order valence-electron chi connectivity index (χ3n) is 4.65. The van der Waals surface area contributed by atoms with Crippen LogP contribution in [0.5, 0.6) is 11.5 Å². The van der Waals surface area contributed by atoms with Gasteiger partial charge < -0.3 is 15.2 Å². The summed E-state index contributed by atoms with van der Waals surface area (Å²) < 4.78 is 38.6. The predicted molar refractivity (Wildman–Crippen MR) is 91.9 cm³/mol. The molecule has 2 N–H and O–H groups in total. The molecule has 0 saturated heterocycles. The largest absolute Gasteiger partial charge is 0.497 e. The molecular formula is C20H17F2NO2. The number of hydrogen-bond donors (Lipinski definition) is 1. The van der Waals surface area contributed by atoms with E-state index in [1.807, 2.05) is 30.3 Å². The lowest BCUT2D eigenvalue weighted by molar-refractivity contribution is 0.150. The molecule has 0 unspecified atom stereocenters. The maximum absolute atomic E-state index is 14.1. The molecule has 3 aromatic rings. The van der Waals surface area contributed by atoms with Crippen molar-refractivity contribution in [1.82, 2.24) is 0 Å². The number of ether oxygens (including phenoxy) is 2. The second-order valence-corrected chi connectivity index (χ2v) is 6.20. The molecule has 2 atom stereocenters. The van der Waals surface area contributed by atoms with Gasteiger partial charge in [0.25, 0.3) is 0 Å². The summed E-state index contributed by atoms with van der Waals surface area (Å²) in [5.74, 6) is 0.146. The zero-order valence-corrected chi connectivity index (χ0v) is 13.6. The minimum atomic E-state index is -0.656. The SMILES string of the molecule is COc1ccc2ccc3c(c2c1)C[C@H](N)[C@@H](c1ccc(F)cc1F)O3. The van der Waals surface area contributed by atoms with Crippen LogP contribution in [-0.4, -0.2) is 13.2 Å². The number of benzene rings is 3. The van der Waals surface area contributed by atoms with Gasteiger partial charge >= 0.3 is 0 Å². The van der Waals surface area contributed by atoms with Gasteiger partial charge in [-0.25, -0.2) is 8.78 Å². The summed E-state index contributed by atoms with van der Waals surface area (Å²) in [6.45, 7) is 0. The summed E-state index contributed by atoms with van der Waals surface area (Å²) in [5.41, 5.74) is 7.52. The summed E-state index contributed by atoms with van der Waals surface area (Å²) in [6, 6.07) is 12.7. The molecule has 1 heterocycles. The summed E-state index contributed by atoms with van der Waals surface area (Å²) >= 11 is 0. The Balaban J connectivity index is 1.79. The number of nitrogens with two attached hydrogens (primary N) is 1. The Kier molecular flexibility index (Phi) is 3.81. The number of halogens is 2. The van der Waals surface area contributed by atoms with Crippen LogP contribution in [0.4, 0.5) is 8.78 Å². The molecule has 0 fully saturated rings. The Labute approximate surface area is 144 Å². The zero-order valence-electron chi connectivity index (χ0n) is 13.6. The quantitative estimate of drug-likeness (QED) is 0.762. The van der Waals surface area contributed by atoms with Crippen molar-refractivity contribution in [2.75, 3.05) is 7.11 Å². The molecule has 0 amide bonds. The normalized spacial score (nSPS) is 19.4. The van der Waals surface area contributed by atoms with Crippen molar-refractivity contribution in [2.45, 2.75) is 18.6 Å². The summed E-state index contributed by atoms with van der Waals surface area (Å²) in [4.78, 5) is 0. The average Bonchev–Trinajstić information content (AvgIpc) is 2.61. The molecule has 1 aliphatic heterocycles. The van der Waals surface area contributed by atoms with E-state index in [4.69, 9.17) is 15.2 Å². The van der Waals surface area contributed by atoms with Crippen LogP contribution in [0.1, 0.15) is 17.2 Å². The van der Waals surface area contributed by atoms with Gasteiger partial charge in [0.05, 0.1) is 13.2 Å². The highest BCUT2D eigenvalue weighted by Gasteiger charge is 2.31. The van der Waals surface area contributed by atoms with Gasteiger partial charge in [-0.1, -0.05) is 12.1 Å². The molecule has 3 nitrogen and oxygen atoms in total. The summed E-state index contributed by atoms with van der Waals surface area (Å²) in [5, 5.41) is 2.06. The van der Waals surface area contributed by atoms with E-state index in [0.29, 0.717) is 12.2 Å². The van der Waals surface area contributed by atoms with Crippen LogP contribution in [0.2, 0.25) is 0 Å². The van der Waals surface area contributed by atoms with Gasteiger partial charge in [0.15, 0.2) is 0 Å². The highest BCUT2D eigenvalue weighted by atomic mass is 19.1. The van der Waals surface area contributed by atoms with Gasteiger partial charge in [-0.05, 0) is 47.5 Å². The molecule has 0 aliphatic carbocycles. The predicted octanol–water partition coefficient (Wildman–Crippen LogP) is 4.13. The van der Waals surface area contributed by atoms with Crippen molar-refractivity contribution < 1.29 is 18.3 Å². The topological polar surface area (TPSA) is 44.5 Å². The Morgan fingerprint density at radius 1 is 1.08 bits per heavy atom. The molecule has 25 heavy (non-hydrogen) atoms. The third-order valence-corrected chi connectivity index (χ3v) is 4.65. The molecule has 5 heteroatoms. The molecule has 4 rings (SSSR count). The van der Waals surface area contributed by atoms with Gasteiger partial charge in [-0.15, -0.1) is 0 Å². The van der Waals surface area contributed by atoms with Gasteiger partial charge in [0.1, 0.15) is 29.2 Å². The minimum Gasteiger partial charge on any atom is -0.497 e. The first-order valence-electron chi connectivity index (χ1n) is 8.03. The van der Waals surface area contributed by atoms with E-state index in [-0.39, 0.29) is 5.56 Å². The standard InChI is InChI=1S/C20H17F2NO2/c1-24-13-5-2-11-3-7-19-16(15(11)9-13)10-18(23)20(25-19)14-6-4-12(21)8-17(14)22/h2-9,18,20H,10,23H2,1H3/t18-,20+/m0/s1. The fraction of sp³-hybridized carbons (Fsp3) is 0.200. The van der Waals surface area contributed by atoms with Crippen LogP contribution in [0.3, 0.4) is 0 Å². The van der Waals surface area contributed by atoms with Crippen LogP contribution >= 0.6 is 0 Å². The molecule has 3 aromatic carbocycles. The Bertz CT molecular complexity index is 958. The van der Waals surface area contributed by atoms with Crippen molar-refractivity contribution in [3.8, 4) is 11.5 Å². The molecule has 0 saturated carbocycles. The number of hydrogen-bond acceptors (Lipinski definition) is 3. The van der Waals surface area contributed by atoms with Crippen molar-refractivity contribution >= 4 is 10.8 Å². The monoisotopic (exact) mass is 341 g/mol. The maximum atomic E-state index is 14.1. The molecule has 1 aliphatic rings. The Hall–Kier alpha value is -2.66. The first kappa shape index (κ1) is 15.8. The second-order valence-electron chi connectivity index (χ2n) is 6.20. The smallest absolute Gasteiger partial charge is 0.142 e. The van der Waals surface area contributed by atoms with Crippen molar-refractivity contribution in [1.29, 1.82) is 0 Å². The fourth-order valence-corrected chi connectivity index (χ4v) is 3.38. The van der Waals surface area contributed by atoms with Crippen molar-refractivity contribution in [3.63, 3.8) is 0 Å². The van der Waals surface area contributed by atoms with Crippen LogP contribution in [0.25, 0.3) is 10.8 Å². The van der Waals surface area contributed by atoms with Crippen LogP contribution in [0, 0.1) is 11.6 Å². The van der Waals surface area contributed by atoms with E-state index in [0.717, 1.165) is 28.2 Å². The molecule has 0 bridgehead atoms. The van der Waals surface area contributed by atoms with E-state index in [1.165, 1.54) is 12.1 Å². The Morgan fingerprint density at radius 2 is 1.88 bits per heavy atom. The molecular weight excluding hydrogens is 324 g/mol. The van der Waals surface area contributed by atoms with Crippen molar-refractivity contribution in [2.24, 2.45) is 5.73 Å². The molecule has 0 spiro atoms. The highest BCUT2D eigenvalue weighted by Crippen LogP contribution is 2.39. The van der Waals surface area contributed by atoms with Gasteiger partial charge in [-0.2, -0.15) is 0 Å². The zero-order chi connectivity index (χ0) is 17.6. The van der Waals surface area contributed by atoms with Crippen molar-refractivity contribution in [3.05, 3.63) is 71.3 Å². The number of methoxy groups -OCH3 is 1. The van der Waals surface area contributed by atoms with Crippen LogP contribution in [-0.2, 0) is 6.42 Å². The van der Waals surface area contributed by atoms with E-state index in [9.17, 15) is 8.78 Å². The van der Waals surface area contributed by atoms with E-state index in [2.05, 4.69) is 0 Å². The van der Waals surface area contributed by atoms with E-state index >= 15 is 0 Å². The maximum Gasteiger partial charge on any atom is 0.142 e. The lowest BCUT2D eigenvalue weighted by Gasteiger charge is -2.32. The second kappa shape index (κ2) is 6.01. The lowest BCUT2D eigenvalue weighted by Crippen LogP contribution is -2.38. The minimum absolute atomic E-state index is 0.269. The Morgan fingerprint density at radius 3 is 2.64 bits per heavy atom. The summed E-state index contributed by atoms with van der Waals surface area (Å²) in [6.07, 6.45) is -0.127. The van der Waals surface area contributed by atoms with Crippen LogP contribution in [0.15, 0.2) is 48.5 Å². The molecule has 128 valence electrons. The fourth-order valence-electron chi connectivity index (χ4n) is 3.38. The number of rotatable bonds is 2. The van der Waals surface area contributed by atoms with Crippen LogP contribution < -0.4 is 15.2 Å². The number of fused-ring (bicyclic) bond motifs is 3. The molecule has 0 aromatic heterocycles. The first-order chi connectivity index (χ1) is 12.1. The van der Waals surface area contributed by atoms with Gasteiger partial charge in [0.2, 0.25) is 0 Å². The highest BCUT2D eigenvalue weighted by molar-refractivity contribution is 5.89. The van der Waals surface area contributed by atoms with Gasteiger partial charge in [-0.3, -0.25) is 0 Å². The lowest BCUT2D eigenvalue weighted by atomic mass is 9.90. The summed E-state index contributed by atoms with van der Waals surface area (Å²) in [7, 11) is 1.62. The average molecular weight is 341 g/mol. The van der Waals surface area contributed by atoms with E-state index in [1.54, 1.807) is 7.11 Å². The molecule has 0 radical (unpaired) electrons. The van der Waals surface area contributed by atoms with Gasteiger partial charge in [0, 0.05) is 17.2 Å². The third kappa shape index (κ3) is 2.70. The first-order valence-corrected chi connectivity index (χ1v) is 8.03. The van der Waals surface area contributed by atoms with E-state index < -0.39 is 23.8 Å².